The summed E-state index contributed by atoms with van der Waals surface area (Å²) in [5, 5.41) is 6.56. The number of rotatable bonds is 4. The zero-order valence-electron chi connectivity index (χ0n) is 9.63. The van der Waals surface area contributed by atoms with Crippen molar-refractivity contribution in [2.45, 2.75) is 32.4 Å². The topological polar surface area (TPSA) is 43.8 Å². The van der Waals surface area contributed by atoms with Crippen LogP contribution in [-0.2, 0) is 6.42 Å². The predicted octanol–water partition coefficient (Wildman–Crippen LogP) is 2.77. The maximum atomic E-state index is 6.12. The van der Waals surface area contributed by atoms with Crippen molar-refractivity contribution in [3.05, 3.63) is 40.3 Å². The van der Waals surface area contributed by atoms with Crippen LogP contribution in [0.4, 0.5) is 0 Å². The van der Waals surface area contributed by atoms with Crippen LogP contribution >= 0.6 is 11.3 Å². The molecule has 0 saturated carbocycles. The highest BCUT2D eigenvalue weighted by Gasteiger charge is 2.10. The van der Waals surface area contributed by atoms with Gasteiger partial charge in [0.05, 0.1) is 5.69 Å². The summed E-state index contributed by atoms with van der Waals surface area (Å²) in [5.41, 5.74) is 7.18. The Morgan fingerprint density at radius 1 is 1.44 bits per heavy atom. The summed E-state index contributed by atoms with van der Waals surface area (Å²) in [6.45, 7) is 4.24. The molecule has 0 fully saturated rings. The Bertz CT molecular complexity index is 431. The van der Waals surface area contributed by atoms with Crippen molar-refractivity contribution in [1.82, 2.24) is 9.78 Å². The van der Waals surface area contributed by atoms with E-state index in [-0.39, 0.29) is 6.04 Å². The molecule has 1 unspecified atom stereocenters. The predicted molar refractivity (Wildman–Crippen MR) is 67.6 cm³/mol. The van der Waals surface area contributed by atoms with Gasteiger partial charge in [-0.3, -0.25) is 4.68 Å². The fourth-order valence-corrected chi connectivity index (χ4v) is 2.33. The second-order valence-electron chi connectivity index (χ2n) is 4.21. The lowest BCUT2D eigenvalue weighted by Gasteiger charge is -2.07. The van der Waals surface area contributed by atoms with Crippen LogP contribution in [0.5, 0.6) is 0 Å². The van der Waals surface area contributed by atoms with Crippen molar-refractivity contribution in [1.29, 1.82) is 0 Å². The molecule has 1 atom stereocenters. The van der Waals surface area contributed by atoms with E-state index in [0.29, 0.717) is 6.04 Å². The second-order valence-corrected chi connectivity index (χ2v) is 5.19. The van der Waals surface area contributed by atoms with Crippen LogP contribution in [0.1, 0.15) is 36.5 Å². The molecule has 0 radical (unpaired) electrons. The molecule has 0 aliphatic heterocycles. The lowest BCUT2D eigenvalue weighted by Crippen LogP contribution is -2.12. The van der Waals surface area contributed by atoms with Gasteiger partial charge in [-0.15, -0.1) is 11.3 Å². The Labute approximate surface area is 99.9 Å². The van der Waals surface area contributed by atoms with Crippen LogP contribution < -0.4 is 5.73 Å². The van der Waals surface area contributed by atoms with E-state index in [4.69, 9.17) is 5.73 Å². The fraction of sp³-hybridized carbons (Fsp3) is 0.417. The quantitative estimate of drug-likeness (QED) is 0.885. The standard InChI is InChI=1S/C12H17N3S/c1-9(2)15-6-5-10(14-15)8-11(13)12-4-3-7-16-12/h3-7,9,11H,8,13H2,1-2H3. The molecule has 16 heavy (non-hydrogen) atoms. The Kier molecular flexibility index (Phi) is 3.41. The molecular weight excluding hydrogens is 218 g/mol. The van der Waals surface area contributed by atoms with E-state index in [9.17, 15) is 0 Å². The SMILES string of the molecule is CC(C)n1ccc(CC(N)c2cccs2)n1. The number of aromatic nitrogens is 2. The van der Waals surface area contributed by atoms with Crippen LogP contribution in [-0.4, -0.2) is 9.78 Å². The molecule has 0 aromatic carbocycles. The average Bonchev–Trinajstić information content (AvgIpc) is 2.87. The molecule has 2 rings (SSSR count). The number of hydrogen-bond donors (Lipinski definition) is 1. The first-order chi connectivity index (χ1) is 7.66. The van der Waals surface area contributed by atoms with Gasteiger partial charge >= 0.3 is 0 Å². The lowest BCUT2D eigenvalue weighted by molar-refractivity contribution is 0.523. The summed E-state index contributed by atoms with van der Waals surface area (Å²) in [4.78, 5) is 1.22. The molecule has 0 saturated heterocycles. The van der Waals surface area contributed by atoms with Gasteiger partial charge in [0.25, 0.3) is 0 Å². The lowest BCUT2D eigenvalue weighted by atomic mass is 10.1. The summed E-state index contributed by atoms with van der Waals surface area (Å²) < 4.78 is 1.97. The minimum Gasteiger partial charge on any atom is -0.323 e. The van der Waals surface area contributed by atoms with Crippen molar-refractivity contribution >= 4 is 11.3 Å². The van der Waals surface area contributed by atoms with Gasteiger partial charge in [-0.1, -0.05) is 6.07 Å². The number of hydrogen-bond acceptors (Lipinski definition) is 3. The molecule has 4 heteroatoms. The van der Waals surface area contributed by atoms with Gasteiger partial charge in [0.2, 0.25) is 0 Å². The Morgan fingerprint density at radius 2 is 2.25 bits per heavy atom. The summed E-state index contributed by atoms with van der Waals surface area (Å²) in [7, 11) is 0. The summed E-state index contributed by atoms with van der Waals surface area (Å²) in [6, 6.07) is 6.64. The Morgan fingerprint density at radius 3 is 2.81 bits per heavy atom. The summed E-state index contributed by atoms with van der Waals surface area (Å²) in [6.07, 6.45) is 2.82. The van der Waals surface area contributed by atoms with Crippen LogP contribution in [0.25, 0.3) is 0 Å². The average molecular weight is 235 g/mol. The first kappa shape index (κ1) is 11.4. The molecule has 0 bridgehead atoms. The van der Waals surface area contributed by atoms with Gasteiger partial charge in [0.1, 0.15) is 0 Å². The molecule has 3 nitrogen and oxygen atoms in total. The van der Waals surface area contributed by atoms with Gasteiger partial charge in [0, 0.05) is 29.6 Å². The van der Waals surface area contributed by atoms with Gasteiger partial charge in [-0.2, -0.15) is 5.10 Å². The fourth-order valence-electron chi connectivity index (χ4n) is 1.60. The Balaban J connectivity index is 2.03. The summed E-state index contributed by atoms with van der Waals surface area (Å²) >= 11 is 1.70. The molecule has 0 aliphatic carbocycles. The zero-order valence-corrected chi connectivity index (χ0v) is 10.4. The van der Waals surface area contributed by atoms with Crippen molar-refractivity contribution in [3.8, 4) is 0 Å². The van der Waals surface area contributed by atoms with E-state index < -0.39 is 0 Å². The second kappa shape index (κ2) is 4.80. The van der Waals surface area contributed by atoms with Crippen LogP contribution in [0, 0.1) is 0 Å². The smallest absolute Gasteiger partial charge is 0.0643 e. The normalized spacial score (nSPS) is 13.2. The van der Waals surface area contributed by atoms with Crippen LogP contribution in [0.3, 0.4) is 0 Å². The van der Waals surface area contributed by atoms with E-state index in [1.54, 1.807) is 11.3 Å². The highest BCUT2D eigenvalue weighted by Crippen LogP contribution is 2.20. The first-order valence-corrected chi connectivity index (χ1v) is 6.38. The molecule has 86 valence electrons. The van der Waals surface area contributed by atoms with E-state index in [1.807, 2.05) is 23.0 Å². The first-order valence-electron chi connectivity index (χ1n) is 5.50. The number of nitrogens with zero attached hydrogens (tertiary/aromatic N) is 2. The molecule has 2 aromatic heterocycles. The highest BCUT2D eigenvalue weighted by molar-refractivity contribution is 7.10. The summed E-state index contributed by atoms with van der Waals surface area (Å²) in [5.74, 6) is 0. The monoisotopic (exact) mass is 235 g/mol. The third-order valence-electron chi connectivity index (χ3n) is 2.53. The van der Waals surface area contributed by atoms with Gasteiger partial charge in [-0.25, -0.2) is 0 Å². The molecule has 2 heterocycles. The van der Waals surface area contributed by atoms with Crippen molar-refractivity contribution in [2.75, 3.05) is 0 Å². The van der Waals surface area contributed by atoms with Gasteiger partial charge < -0.3 is 5.73 Å². The largest absolute Gasteiger partial charge is 0.323 e. The van der Waals surface area contributed by atoms with E-state index in [0.717, 1.165) is 12.1 Å². The molecule has 0 spiro atoms. The van der Waals surface area contributed by atoms with Crippen molar-refractivity contribution in [2.24, 2.45) is 5.73 Å². The zero-order chi connectivity index (χ0) is 11.5. The van der Waals surface area contributed by atoms with Crippen molar-refractivity contribution in [3.63, 3.8) is 0 Å². The maximum absolute atomic E-state index is 6.12. The van der Waals surface area contributed by atoms with Crippen LogP contribution in [0.2, 0.25) is 0 Å². The van der Waals surface area contributed by atoms with Crippen LogP contribution in [0.15, 0.2) is 29.8 Å². The minimum atomic E-state index is 0.0653. The molecule has 2 N–H and O–H groups in total. The number of thiophene rings is 1. The molecular formula is C12H17N3S. The van der Waals surface area contributed by atoms with Crippen molar-refractivity contribution < 1.29 is 0 Å². The van der Waals surface area contributed by atoms with E-state index in [2.05, 4.69) is 30.4 Å². The molecule has 0 amide bonds. The molecule has 2 aromatic rings. The van der Waals surface area contributed by atoms with Gasteiger partial charge in [-0.05, 0) is 31.4 Å². The van der Waals surface area contributed by atoms with E-state index >= 15 is 0 Å². The Hall–Kier alpha value is -1.13. The minimum absolute atomic E-state index is 0.0653. The van der Waals surface area contributed by atoms with Gasteiger partial charge in [0.15, 0.2) is 0 Å². The third-order valence-corrected chi connectivity index (χ3v) is 3.53. The molecule has 0 aliphatic rings. The third kappa shape index (κ3) is 2.51. The van der Waals surface area contributed by atoms with E-state index in [1.165, 1.54) is 4.88 Å². The highest BCUT2D eigenvalue weighted by atomic mass is 32.1. The number of nitrogens with two attached hydrogens (primary N) is 1. The maximum Gasteiger partial charge on any atom is 0.0643 e.